The van der Waals surface area contributed by atoms with Crippen molar-refractivity contribution in [2.45, 2.75) is 6.54 Å². The maximum Gasteiger partial charge on any atom is 0.246 e. The van der Waals surface area contributed by atoms with Crippen LogP contribution >= 0.6 is 0 Å². The summed E-state index contributed by atoms with van der Waals surface area (Å²) in [6, 6.07) is 8.90. The summed E-state index contributed by atoms with van der Waals surface area (Å²) < 4.78 is 1.87. The lowest BCUT2D eigenvalue weighted by molar-refractivity contribution is -0.125. The van der Waals surface area contributed by atoms with Crippen LogP contribution < -0.4 is 5.73 Å². The van der Waals surface area contributed by atoms with E-state index in [-0.39, 0.29) is 11.7 Å². The molecule has 0 aliphatic carbocycles. The normalized spacial score (nSPS) is 11.3. The van der Waals surface area contributed by atoms with Gasteiger partial charge in [0.05, 0.1) is 5.52 Å². The highest BCUT2D eigenvalue weighted by atomic mass is 16.3. The number of benzene rings is 1. The highest BCUT2D eigenvalue weighted by Crippen LogP contribution is 2.28. The summed E-state index contributed by atoms with van der Waals surface area (Å²) in [5.41, 5.74) is 8.10. The van der Waals surface area contributed by atoms with Gasteiger partial charge in [0.1, 0.15) is 11.6 Å². The molecule has 3 aromatic rings. The molecule has 0 unspecified atom stereocenters. The molecule has 0 bridgehead atoms. The van der Waals surface area contributed by atoms with Crippen molar-refractivity contribution in [3.63, 3.8) is 0 Å². The van der Waals surface area contributed by atoms with E-state index in [4.69, 9.17) is 5.73 Å². The summed E-state index contributed by atoms with van der Waals surface area (Å²) in [7, 11) is 3.62. The van der Waals surface area contributed by atoms with Gasteiger partial charge in [-0.3, -0.25) is 4.79 Å². The number of carbonyl (C=O) groups is 1. The lowest BCUT2D eigenvalue weighted by atomic mass is 10.1. The highest BCUT2D eigenvalue weighted by Gasteiger charge is 2.13. The van der Waals surface area contributed by atoms with Crippen LogP contribution in [0.15, 0.2) is 48.8 Å². The SMILES string of the molecule is CN(Cc1cn(C)c2c(O)cccc12)C(=O)/C=C/c1ccc(N)nc1. The number of aromatic hydroxyl groups is 1. The van der Waals surface area contributed by atoms with Gasteiger partial charge in [-0.25, -0.2) is 4.98 Å². The van der Waals surface area contributed by atoms with E-state index in [1.165, 1.54) is 6.08 Å². The molecule has 0 aliphatic heterocycles. The fraction of sp³-hybridized carbons (Fsp3) is 0.158. The summed E-state index contributed by atoms with van der Waals surface area (Å²) in [5, 5.41) is 10.9. The Labute approximate surface area is 145 Å². The second kappa shape index (κ2) is 6.68. The van der Waals surface area contributed by atoms with Crippen LogP contribution in [-0.4, -0.2) is 32.5 Å². The fourth-order valence-corrected chi connectivity index (χ4v) is 2.80. The average Bonchev–Trinajstić information content (AvgIpc) is 2.91. The first-order valence-corrected chi connectivity index (χ1v) is 7.86. The lowest BCUT2D eigenvalue weighted by Crippen LogP contribution is -2.24. The molecule has 2 heterocycles. The number of amides is 1. The number of hydrogen-bond donors (Lipinski definition) is 2. The Morgan fingerprint density at radius 1 is 1.36 bits per heavy atom. The summed E-state index contributed by atoms with van der Waals surface area (Å²) in [6.07, 6.45) is 6.77. The van der Waals surface area contributed by atoms with E-state index in [2.05, 4.69) is 4.98 Å². The van der Waals surface area contributed by atoms with Crippen LogP contribution in [-0.2, 0) is 18.4 Å². The summed E-state index contributed by atoms with van der Waals surface area (Å²) >= 11 is 0. The number of aromatic nitrogens is 2. The topological polar surface area (TPSA) is 84.4 Å². The average molecular weight is 336 g/mol. The minimum Gasteiger partial charge on any atom is -0.506 e. The molecule has 3 N–H and O–H groups in total. The summed E-state index contributed by atoms with van der Waals surface area (Å²) in [4.78, 5) is 18.0. The first kappa shape index (κ1) is 16.6. The van der Waals surface area contributed by atoms with Gasteiger partial charge in [-0.05, 0) is 35.4 Å². The number of hydrogen-bond acceptors (Lipinski definition) is 4. The predicted octanol–water partition coefficient (Wildman–Crippen LogP) is 2.53. The summed E-state index contributed by atoms with van der Waals surface area (Å²) in [6.45, 7) is 0.448. The first-order chi connectivity index (χ1) is 12.0. The second-order valence-corrected chi connectivity index (χ2v) is 5.98. The van der Waals surface area contributed by atoms with Gasteiger partial charge >= 0.3 is 0 Å². The number of nitrogen functional groups attached to an aromatic ring is 1. The van der Waals surface area contributed by atoms with E-state index < -0.39 is 0 Å². The third-order valence-electron chi connectivity index (χ3n) is 4.07. The zero-order valence-electron chi connectivity index (χ0n) is 14.2. The number of aryl methyl sites for hydroxylation is 1. The maximum absolute atomic E-state index is 12.3. The van der Waals surface area contributed by atoms with E-state index >= 15 is 0 Å². The number of rotatable bonds is 4. The molecule has 3 rings (SSSR count). The third kappa shape index (κ3) is 3.47. The van der Waals surface area contributed by atoms with Crippen LogP contribution in [0.5, 0.6) is 5.75 Å². The van der Waals surface area contributed by atoms with Crippen molar-refractivity contribution in [1.82, 2.24) is 14.5 Å². The molecule has 0 saturated heterocycles. The molecule has 0 fully saturated rings. The Hall–Kier alpha value is -3.28. The van der Waals surface area contributed by atoms with Crippen molar-refractivity contribution < 1.29 is 9.90 Å². The number of nitrogens with zero attached hydrogens (tertiary/aromatic N) is 3. The minimum atomic E-state index is -0.117. The van der Waals surface area contributed by atoms with Gasteiger partial charge in [0.2, 0.25) is 5.91 Å². The van der Waals surface area contributed by atoms with Gasteiger partial charge < -0.3 is 20.3 Å². The number of phenolic OH excluding ortho intramolecular Hbond substituents is 1. The van der Waals surface area contributed by atoms with Gasteiger partial charge in [-0.15, -0.1) is 0 Å². The van der Waals surface area contributed by atoms with Gasteiger partial charge in [0.25, 0.3) is 0 Å². The van der Waals surface area contributed by atoms with Crippen LogP contribution in [0.25, 0.3) is 17.0 Å². The Kier molecular flexibility index (Phi) is 4.43. The molecule has 6 heteroatoms. The van der Waals surface area contributed by atoms with Crippen LogP contribution in [0.1, 0.15) is 11.1 Å². The number of anilines is 1. The number of phenols is 1. The van der Waals surface area contributed by atoms with Crippen molar-refractivity contribution in [2.75, 3.05) is 12.8 Å². The van der Waals surface area contributed by atoms with Crippen molar-refractivity contribution in [2.24, 2.45) is 7.05 Å². The van der Waals surface area contributed by atoms with E-state index in [1.807, 2.05) is 23.9 Å². The molecular weight excluding hydrogens is 316 g/mol. The van der Waals surface area contributed by atoms with Gasteiger partial charge in [-0.2, -0.15) is 0 Å². The predicted molar refractivity (Wildman–Crippen MR) is 98.7 cm³/mol. The van der Waals surface area contributed by atoms with E-state index in [0.29, 0.717) is 12.4 Å². The van der Waals surface area contributed by atoms with Crippen molar-refractivity contribution in [3.8, 4) is 5.75 Å². The molecule has 128 valence electrons. The molecule has 25 heavy (non-hydrogen) atoms. The molecule has 1 aromatic carbocycles. The molecular formula is C19H20N4O2. The lowest BCUT2D eigenvalue weighted by Gasteiger charge is -2.14. The monoisotopic (exact) mass is 336 g/mol. The molecule has 0 saturated carbocycles. The van der Waals surface area contributed by atoms with Crippen molar-refractivity contribution in [1.29, 1.82) is 0 Å². The van der Waals surface area contributed by atoms with Gasteiger partial charge in [0, 0.05) is 44.5 Å². The standard InChI is InChI=1S/C19H20N4O2/c1-22(18(25)9-7-13-6-8-17(20)21-10-13)11-14-12-23(2)19-15(14)4-3-5-16(19)24/h3-10,12,24H,11H2,1-2H3,(H2,20,21)/b9-7+. The molecule has 0 spiro atoms. The van der Waals surface area contributed by atoms with Crippen LogP contribution in [0.2, 0.25) is 0 Å². The first-order valence-electron chi connectivity index (χ1n) is 7.86. The van der Waals surface area contributed by atoms with Gasteiger partial charge in [0.15, 0.2) is 0 Å². The Bertz CT molecular complexity index is 942. The molecule has 1 amide bonds. The zero-order chi connectivity index (χ0) is 18.0. The zero-order valence-corrected chi connectivity index (χ0v) is 14.2. The largest absolute Gasteiger partial charge is 0.506 e. The number of nitrogens with two attached hydrogens (primary N) is 1. The maximum atomic E-state index is 12.3. The molecule has 0 aliphatic rings. The van der Waals surface area contributed by atoms with Gasteiger partial charge in [-0.1, -0.05) is 12.1 Å². The van der Waals surface area contributed by atoms with E-state index in [9.17, 15) is 9.90 Å². The smallest absolute Gasteiger partial charge is 0.246 e. The number of fused-ring (bicyclic) bond motifs is 1. The van der Waals surface area contributed by atoms with Crippen LogP contribution in [0.3, 0.4) is 0 Å². The molecule has 0 radical (unpaired) electrons. The minimum absolute atomic E-state index is 0.117. The molecule has 6 nitrogen and oxygen atoms in total. The van der Waals surface area contributed by atoms with Crippen LogP contribution in [0, 0.1) is 0 Å². The highest BCUT2D eigenvalue weighted by molar-refractivity contribution is 5.93. The number of para-hydroxylation sites is 1. The quantitative estimate of drug-likeness (QED) is 0.717. The fourth-order valence-electron chi connectivity index (χ4n) is 2.80. The Morgan fingerprint density at radius 3 is 2.88 bits per heavy atom. The third-order valence-corrected chi connectivity index (χ3v) is 4.07. The Morgan fingerprint density at radius 2 is 2.16 bits per heavy atom. The number of likely N-dealkylation sites (N-methyl/N-ethyl adjacent to an activating group) is 1. The van der Waals surface area contributed by atoms with E-state index in [1.54, 1.807) is 48.5 Å². The van der Waals surface area contributed by atoms with Crippen molar-refractivity contribution in [3.05, 3.63) is 59.9 Å². The van der Waals surface area contributed by atoms with Crippen molar-refractivity contribution >= 4 is 28.7 Å². The number of pyridine rings is 1. The van der Waals surface area contributed by atoms with E-state index in [0.717, 1.165) is 22.0 Å². The molecule has 0 atom stereocenters. The number of carbonyl (C=O) groups excluding carboxylic acids is 1. The summed E-state index contributed by atoms with van der Waals surface area (Å²) in [5.74, 6) is 0.560. The Balaban J connectivity index is 1.76. The van der Waals surface area contributed by atoms with Crippen LogP contribution in [0.4, 0.5) is 5.82 Å². The molecule has 2 aromatic heterocycles. The second-order valence-electron chi connectivity index (χ2n) is 5.98.